The minimum atomic E-state index is -1.15. The Labute approximate surface area is 193 Å². The Morgan fingerprint density at radius 3 is 2.48 bits per heavy atom. The number of aliphatic hydroxyl groups is 1. The molecule has 33 heavy (non-hydrogen) atoms. The van der Waals surface area contributed by atoms with Gasteiger partial charge in [-0.1, -0.05) is 19.9 Å². The van der Waals surface area contributed by atoms with E-state index < -0.39 is 48.9 Å². The lowest BCUT2D eigenvalue weighted by molar-refractivity contribution is -0.142. The molecule has 10 nitrogen and oxygen atoms in total. The number of methoxy groups -OCH3 is 1. The standard InChI is InChI=1S/C23H33N3O7/c1-13(2)20(25-21(30)17-11-16(33-4)8-7-14(17)3)23(32)26-9-5-6-18(26)22(31)24-15(12-27)10-19(28)29/h7-8,11,13,15,18,20,27H,5-6,9-10,12H2,1-4H3,(H,24,31)(H,25,30)(H,28,29)/t15-,18-,20-/m0/s1. The first-order valence-electron chi connectivity index (χ1n) is 11.0. The van der Waals surface area contributed by atoms with E-state index in [0.717, 1.165) is 5.56 Å². The number of aryl methyl sites for hydroxylation is 1. The first kappa shape index (κ1) is 26.1. The molecule has 1 heterocycles. The summed E-state index contributed by atoms with van der Waals surface area (Å²) in [6.45, 7) is 5.22. The summed E-state index contributed by atoms with van der Waals surface area (Å²) in [5, 5.41) is 23.6. The third-order valence-electron chi connectivity index (χ3n) is 5.73. The molecule has 0 aromatic heterocycles. The summed E-state index contributed by atoms with van der Waals surface area (Å²) in [7, 11) is 1.50. The van der Waals surface area contributed by atoms with Crippen molar-refractivity contribution < 1.29 is 34.1 Å². The van der Waals surface area contributed by atoms with Crippen molar-refractivity contribution in [3.05, 3.63) is 29.3 Å². The predicted octanol–water partition coefficient (Wildman–Crippen LogP) is 0.701. The van der Waals surface area contributed by atoms with Gasteiger partial charge in [-0.3, -0.25) is 19.2 Å². The number of hydrogen-bond donors (Lipinski definition) is 4. The fourth-order valence-electron chi connectivity index (χ4n) is 3.86. The van der Waals surface area contributed by atoms with Gasteiger partial charge in [-0.15, -0.1) is 0 Å². The quantitative estimate of drug-likeness (QED) is 0.400. The Bertz CT molecular complexity index is 887. The molecule has 3 atom stereocenters. The number of hydrogen-bond acceptors (Lipinski definition) is 6. The Hall–Kier alpha value is -3.14. The first-order valence-corrected chi connectivity index (χ1v) is 11.0. The van der Waals surface area contributed by atoms with E-state index in [4.69, 9.17) is 9.84 Å². The highest BCUT2D eigenvalue weighted by atomic mass is 16.5. The maximum Gasteiger partial charge on any atom is 0.305 e. The second-order valence-corrected chi connectivity index (χ2v) is 8.55. The fraction of sp³-hybridized carbons (Fsp3) is 0.565. The molecule has 0 aliphatic carbocycles. The van der Waals surface area contributed by atoms with Crippen molar-refractivity contribution in [2.75, 3.05) is 20.3 Å². The smallest absolute Gasteiger partial charge is 0.305 e. The van der Waals surface area contributed by atoms with Gasteiger partial charge in [0.25, 0.3) is 5.91 Å². The SMILES string of the molecule is COc1ccc(C)c(C(=O)N[C@H](C(=O)N2CCC[C@H]2C(=O)N[C@H](CO)CC(=O)O)C(C)C)c1. The number of carbonyl (C=O) groups excluding carboxylic acids is 3. The third-order valence-corrected chi connectivity index (χ3v) is 5.73. The number of ether oxygens (including phenoxy) is 1. The summed E-state index contributed by atoms with van der Waals surface area (Å²) >= 11 is 0. The van der Waals surface area contributed by atoms with Gasteiger partial charge < -0.3 is 30.5 Å². The molecule has 2 rings (SSSR count). The molecule has 0 unspecified atom stereocenters. The molecule has 1 aliphatic heterocycles. The van der Waals surface area contributed by atoms with E-state index in [-0.39, 0.29) is 11.8 Å². The number of carbonyl (C=O) groups is 4. The molecule has 4 N–H and O–H groups in total. The van der Waals surface area contributed by atoms with Gasteiger partial charge in [0.1, 0.15) is 17.8 Å². The van der Waals surface area contributed by atoms with Crippen LogP contribution in [0.5, 0.6) is 5.75 Å². The maximum absolute atomic E-state index is 13.4. The monoisotopic (exact) mass is 463 g/mol. The first-order chi connectivity index (χ1) is 15.6. The number of benzene rings is 1. The largest absolute Gasteiger partial charge is 0.497 e. The van der Waals surface area contributed by atoms with Crippen LogP contribution in [0.4, 0.5) is 0 Å². The van der Waals surface area contributed by atoms with Crippen LogP contribution in [0.25, 0.3) is 0 Å². The summed E-state index contributed by atoms with van der Waals surface area (Å²) in [6, 6.07) is 2.52. The van der Waals surface area contributed by atoms with Crippen LogP contribution in [0.2, 0.25) is 0 Å². The molecule has 1 aliphatic rings. The summed E-state index contributed by atoms with van der Waals surface area (Å²) in [6.07, 6.45) is 0.588. The van der Waals surface area contributed by atoms with Crippen LogP contribution in [0.15, 0.2) is 18.2 Å². The fourth-order valence-corrected chi connectivity index (χ4v) is 3.86. The van der Waals surface area contributed by atoms with Crippen LogP contribution >= 0.6 is 0 Å². The van der Waals surface area contributed by atoms with E-state index in [1.807, 2.05) is 0 Å². The number of carboxylic acid groups (broad SMARTS) is 1. The van der Waals surface area contributed by atoms with Gasteiger partial charge in [-0.2, -0.15) is 0 Å². The molecule has 0 saturated carbocycles. The molecule has 10 heteroatoms. The lowest BCUT2D eigenvalue weighted by atomic mass is 10.0. The molecule has 1 aromatic rings. The Balaban J connectivity index is 2.16. The zero-order valence-electron chi connectivity index (χ0n) is 19.5. The Kier molecular flexibility index (Phi) is 9.22. The molecule has 1 saturated heterocycles. The maximum atomic E-state index is 13.4. The number of aliphatic hydroxyl groups excluding tert-OH is 1. The highest BCUT2D eigenvalue weighted by Gasteiger charge is 2.39. The van der Waals surface area contributed by atoms with Crippen LogP contribution < -0.4 is 15.4 Å². The topological polar surface area (TPSA) is 145 Å². The molecular weight excluding hydrogens is 430 g/mol. The molecule has 0 bridgehead atoms. The summed E-state index contributed by atoms with van der Waals surface area (Å²) in [5.74, 6) is -2.18. The summed E-state index contributed by atoms with van der Waals surface area (Å²) < 4.78 is 5.19. The number of rotatable bonds is 10. The van der Waals surface area contributed by atoms with E-state index in [0.29, 0.717) is 30.7 Å². The minimum absolute atomic E-state index is 0.242. The van der Waals surface area contributed by atoms with Gasteiger partial charge in [0.05, 0.1) is 26.2 Å². The zero-order chi connectivity index (χ0) is 24.7. The lowest BCUT2D eigenvalue weighted by Gasteiger charge is -2.31. The average molecular weight is 464 g/mol. The Morgan fingerprint density at radius 1 is 1.21 bits per heavy atom. The number of carboxylic acids is 1. The van der Waals surface area contributed by atoms with Crippen molar-refractivity contribution in [3.8, 4) is 5.75 Å². The van der Waals surface area contributed by atoms with Crippen LogP contribution in [-0.4, -0.2) is 77.2 Å². The molecular formula is C23H33N3O7. The second-order valence-electron chi connectivity index (χ2n) is 8.55. The van der Waals surface area contributed by atoms with Gasteiger partial charge in [0.15, 0.2) is 0 Å². The Morgan fingerprint density at radius 2 is 1.91 bits per heavy atom. The lowest BCUT2D eigenvalue weighted by Crippen LogP contribution is -2.56. The predicted molar refractivity (Wildman–Crippen MR) is 120 cm³/mol. The number of nitrogens with zero attached hydrogens (tertiary/aromatic N) is 1. The van der Waals surface area contributed by atoms with Gasteiger partial charge in [-0.05, 0) is 43.4 Å². The van der Waals surface area contributed by atoms with Gasteiger partial charge >= 0.3 is 5.97 Å². The number of amides is 3. The molecule has 1 fully saturated rings. The molecule has 1 aromatic carbocycles. The normalized spacial score (nSPS) is 17.4. The van der Waals surface area contributed by atoms with Crippen molar-refractivity contribution in [2.45, 2.75) is 58.2 Å². The number of nitrogens with one attached hydrogen (secondary N) is 2. The van der Waals surface area contributed by atoms with Crippen molar-refractivity contribution in [2.24, 2.45) is 5.92 Å². The third kappa shape index (κ3) is 6.67. The van der Waals surface area contributed by atoms with Crippen molar-refractivity contribution in [1.29, 1.82) is 0 Å². The van der Waals surface area contributed by atoms with Gasteiger partial charge in [-0.25, -0.2) is 0 Å². The van der Waals surface area contributed by atoms with Crippen LogP contribution in [0.3, 0.4) is 0 Å². The van der Waals surface area contributed by atoms with Crippen LogP contribution in [-0.2, 0) is 14.4 Å². The van der Waals surface area contributed by atoms with E-state index in [1.165, 1.54) is 12.0 Å². The highest BCUT2D eigenvalue weighted by molar-refractivity contribution is 5.99. The van der Waals surface area contributed by atoms with E-state index in [9.17, 15) is 24.3 Å². The van der Waals surface area contributed by atoms with Crippen molar-refractivity contribution >= 4 is 23.7 Å². The minimum Gasteiger partial charge on any atom is -0.497 e. The van der Waals surface area contributed by atoms with Crippen LogP contribution in [0, 0.1) is 12.8 Å². The summed E-state index contributed by atoms with van der Waals surface area (Å²) in [4.78, 5) is 51.4. The molecule has 3 amide bonds. The number of aliphatic carboxylic acids is 1. The molecule has 0 spiro atoms. The van der Waals surface area contributed by atoms with Crippen LogP contribution in [0.1, 0.15) is 49.0 Å². The van der Waals surface area contributed by atoms with E-state index >= 15 is 0 Å². The summed E-state index contributed by atoms with van der Waals surface area (Å²) in [5.41, 5.74) is 1.12. The zero-order valence-corrected chi connectivity index (χ0v) is 19.5. The van der Waals surface area contributed by atoms with E-state index in [1.54, 1.807) is 39.0 Å². The van der Waals surface area contributed by atoms with Gasteiger partial charge in [0, 0.05) is 12.1 Å². The molecule has 0 radical (unpaired) electrons. The van der Waals surface area contributed by atoms with Crippen molar-refractivity contribution in [3.63, 3.8) is 0 Å². The van der Waals surface area contributed by atoms with E-state index in [2.05, 4.69) is 10.6 Å². The van der Waals surface area contributed by atoms with Crippen molar-refractivity contribution in [1.82, 2.24) is 15.5 Å². The highest BCUT2D eigenvalue weighted by Crippen LogP contribution is 2.22. The average Bonchev–Trinajstić information content (AvgIpc) is 3.26. The second kappa shape index (κ2) is 11.6. The van der Waals surface area contributed by atoms with Gasteiger partial charge in [0.2, 0.25) is 11.8 Å². The number of likely N-dealkylation sites (tertiary alicyclic amines) is 1. The molecule has 182 valence electrons.